The molecule has 0 aliphatic heterocycles. The van der Waals surface area contributed by atoms with E-state index >= 15 is 8.78 Å². The van der Waals surface area contributed by atoms with Crippen molar-refractivity contribution in [1.29, 1.82) is 0 Å². The van der Waals surface area contributed by atoms with Crippen LogP contribution in [0.25, 0.3) is 27.8 Å². The predicted octanol–water partition coefficient (Wildman–Crippen LogP) is 7.77. The molecule has 0 bridgehead atoms. The highest BCUT2D eigenvalue weighted by atomic mass is 19.2. The molecule has 3 aromatic carbocycles. The van der Waals surface area contributed by atoms with Crippen molar-refractivity contribution in [3.8, 4) is 22.3 Å². The van der Waals surface area contributed by atoms with E-state index in [9.17, 15) is 0 Å². The molecule has 0 N–H and O–H groups in total. The largest absolute Gasteiger partial charge is 0.344 e. The molecule has 0 spiro atoms. The van der Waals surface area contributed by atoms with Gasteiger partial charge in [0.05, 0.1) is 6.61 Å². The Morgan fingerprint density at radius 1 is 0.727 bits per heavy atom. The van der Waals surface area contributed by atoms with Gasteiger partial charge in [0.25, 0.3) is 0 Å². The summed E-state index contributed by atoms with van der Waals surface area (Å²) in [6.07, 6.45) is 1.71. The monoisotopic (exact) mass is 446 g/mol. The molecule has 4 heteroatoms. The summed E-state index contributed by atoms with van der Waals surface area (Å²) < 4.78 is 41.3. The maximum absolute atomic E-state index is 15.1. The number of halogens is 2. The van der Waals surface area contributed by atoms with Crippen molar-refractivity contribution < 1.29 is 18.3 Å². The smallest absolute Gasteiger partial charge is 0.227 e. The summed E-state index contributed by atoms with van der Waals surface area (Å²) in [6.45, 7) is 4.15. The highest BCUT2D eigenvalue weighted by Crippen LogP contribution is 2.39. The number of alkyl halides is 1. The first kappa shape index (κ1) is 23.1. The van der Waals surface area contributed by atoms with Crippen LogP contribution < -0.4 is 0 Å². The van der Waals surface area contributed by atoms with Gasteiger partial charge in [0.2, 0.25) is 12.0 Å². The van der Waals surface area contributed by atoms with Crippen molar-refractivity contribution in [1.82, 2.24) is 0 Å². The molecule has 0 amide bonds. The van der Waals surface area contributed by atoms with Gasteiger partial charge in [0, 0.05) is 12.2 Å². The van der Waals surface area contributed by atoms with Crippen LogP contribution in [0.5, 0.6) is 0 Å². The molecule has 2 unspecified atom stereocenters. The van der Waals surface area contributed by atoms with Gasteiger partial charge < -0.3 is 9.47 Å². The van der Waals surface area contributed by atoms with Crippen molar-refractivity contribution in [2.75, 3.05) is 13.2 Å². The molecular weight excluding hydrogens is 418 g/mol. The fraction of sp³-hybridized carbons (Fsp3) is 0.241. The van der Waals surface area contributed by atoms with Gasteiger partial charge in [-0.05, 0) is 47.2 Å². The lowest BCUT2D eigenvalue weighted by molar-refractivity contribution is -0.231. The van der Waals surface area contributed by atoms with Gasteiger partial charge in [-0.3, -0.25) is 0 Å². The third kappa shape index (κ3) is 4.82. The molecule has 1 aliphatic rings. The number of hydrogen-bond acceptors (Lipinski definition) is 2. The van der Waals surface area contributed by atoms with E-state index in [-0.39, 0.29) is 18.8 Å². The second kappa shape index (κ2) is 10.2. The number of hydrogen-bond donors (Lipinski definition) is 0. The highest BCUT2D eigenvalue weighted by Gasteiger charge is 2.45. The Morgan fingerprint density at radius 3 is 1.76 bits per heavy atom. The predicted molar refractivity (Wildman–Crippen MR) is 130 cm³/mol. The summed E-state index contributed by atoms with van der Waals surface area (Å²) in [4.78, 5) is 0. The zero-order valence-electron chi connectivity index (χ0n) is 18.9. The second-order valence-corrected chi connectivity index (χ2v) is 7.98. The van der Waals surface area contributed by atoms with Crippen LogP contribution in [-0.4, -0.2) is 25.2 Å². The number of benzene rings is 3. The van der Waals surface area contributed by atoms with E-state index in [1.54, 1.807) is 13.0 Å². The third-order valence-electron chi connectivity index (χ3n) is 5.74. The second-order valence-electron chi connectivity index (χ2n) is 7.98. The van der Waals surface area contributed by atoms with Crippen LogP contribution >= 0.6 is 0 Å². The van der Waals surface area contributed by atoms with E-state index in [2.05, 4.69) is 36.4 Å². The lowest BCUT2D eigenvalue weighted by Crippen LogP contribution is -2.46. The van der Waals surface area contributed by atoms with Crippen molar-refractivity contribution in [2.24, 2.45) is 0 Å². The molecule has 0 heterocycles. The minimum atomic E-state index is -2.02. The molecule has 4 rings (SSSR count). The zero-order chi connectivity index (χ0) is 23.3. The quantitative estimate of drug-likeness (QED) is 0.329. The first-order valence-electron chi connectivity index (χ1n) is 11.3. The zero-order valence-corrected chi connectivity index (χ0v) is 18.9. The summed E-state index contributed by atoms with van der Waals surface area (Å²) in [5.74, 6) is -2.58. The van der Waals surface area contributed by atoms with E-state index in [1.807, 2.05) is 49.4 Å². The van der Waals surface area contributed by atoms with Gasteiger partial charge in [-0.2, -0.15) is 0 Å². The summed E-state index contributed by atoms with van der Waals surface area (Å²) >= 11 is 0. The molecule has 2 atom stereocenters. The van der Waals surface area contributed by atoms with Crippen molar-refractivity contribution in [3.63, 3.8) is 0 Å². The fourth-order valence-corrected chi connectivity index (χ4v) is 4.01. The van der Waals surface area contributed by atoms with Gasteiger partial charge in [0.15, 0.2) is 0 Å². The minimum absolute atomic E-state index is 0.212. The van der Waals surface area contributed by atoms with E-state index in [0.29, 0.717) is 12.0 Å². The molecule has 1 aliphatic carbocycles. The highest BCUT2D eigenvalue weighted by molar-refractivity contribution is 5.79. The molecule has 0 saturated heterocycles. The SMILES string of the molecule is CCCOC1(OCC)C=CC(c2ccc(-c3ccc(-c4ccccc4)cc3)cc2)=C(F)C1F. The Bertz CT molecular complexity index is 1120. The van der Waals surface area contributed by atoms with E-state index in [1.165, 1.54) is 6.08 Å². The average molecular weight is 447 g/mol. The van der Waals surface area contributed by atoms with E-state index in [4.69, 9.17) is 9.47 Å². The Morgan fingerprint density at radius 2 is 1.24 bits per heavy atom. The molecule has 0 saturated carbocycles. The Hall–Kier alpha value is -3.08. The summed E-state index contributed by atoms with van der Waals surface area (Å²) in [7, 11) is 0. The lowest BCUT2D eigenvalue weighted by atomic mass is 9.92. The maximum atomic E-state index is 15.1. The van der Waals surface area contributed by atoms with Crippen molar-refractivity contribution in [3.05, 3.63) is 102 Å². The lowest BCUT2D eigenvalue weighted by Gasteiger charge is -2.35. The van der Waals surface area contributed by atoms with E-state index < -0.39 is 17.8 Å². The van der Waals surface area contributed by atoms with Gasteiger partial charge in [0.1, 0.15) is 5.83 Å². The van der Waals surface area contributed by atoms with Crippen LogP contribution in [0.4, 0.5) is 8.78 Å². The number of rotatable bonds is 8. The van der Waals surface area contributed by atoms with Gasteiger partial charge >= 0.3 is 0 Å². The van der Waals surface area contributed by atoms with Crippen molar-refractivity contribution in [2.45, 2.75) is 32.2 Å². The number of ether oxygens (including phenoxy) is 2. The van der Waals surface area contributed by atoms with Crippen LogP contribution in [-0.2, 0) is 9.47 Å². The molecule has 0 radical (unpaired) electrons. The van der Waals surface area contributed by atoms with Crippen LogP contribution in [0.3, 0.4) is 0 Å². The minimum Gasteiger partial charge on any atom is -0.344 e. The molecule has 0 fully saturated rings. The van der Waals surface area contributed by atoms with E-state index in [0.717, 1.165) is 22.3 Å². The molecule has 33 heavy (non-hydrogen) atoms. The Balaban J connectivity index is 1.55. The van der Waals surface area contributed by atoms with Gasteiger partial charge in [-0.25, -0.2) is 8.78 Å². The normalized spacial score (nSPS) is 20.3. The van der Waals surface area contributed by atoms with Crippen LogP contribution in [0, 0.1) is 0 Å². The summed E-state index contributed by atoms with van der Waals surface area (Å²) in [5, 5.41) is 0. The van der Waals surface area contributed by atoms with Crippen LogP contribution in [0.15, 0.2) is 96.8 Å². The fourth-order valence-electron chi connectivity index (χ4n) is 4.01. The van der Waals surface area contributed by atoms with Gasteiger partial charge in [-0.1, -0.05) is 91.9 Å². The molecule has 3 aromatic rings. The van der Waals surface area contributed by atoms with Crippen LogP contribution in [0.1, 0.15) is 25.8 Å². The summed E-state index contributed by atoms with van der Waals surface area (Å²) in [5.41, 5.74) is 5.19. The third-order valence-corrected chi connectivity index (χ3v) is 5.74. The van der Waals surface area contributed by atoms with Crippen molar-refractivity contribution >= 4 is 5.57 Å². The number of allylic oxidation sites excluding steroid dienone is 2. The topological polar surface area (TPSA) is 18.5 Å². The molecule has 170 valence electrons. The summed E-state index contributed by atoms with van der Waals surface area (Å²) in [6, 6.07) is 26.0. The molecular formula is C29H28F2O2. The Kier molecular flexibility index (Phi) is 7.17. The maximum Gasteiger partial charge on any atom is 0.227 e. The average Bonchev–Trinajstić information content (AvgIpc) is 2.87. The molecule has 2 nitrogen and oxygen atoms in total. The Labute approximate surface area is 194 Å². The standard InChI is InChI=1S/C29H28F2O2/c1-3-20-33-29(32-4-2)19-18-26(27(30)28(29)31)25-16-14-24(15-17-25)23-12-10-22(11-13-23)21-8-6-5-7-9-21/h5-19,28H,3-4,20H2,1-2H3. The first-order valence-corrected chi connectivity index (χ1v) is 11.3. The van der Waals surface area contributed by atoms with Gasteiger partial charge in [-0.15, -0.1) is 0 Å². The molecule has 0 aromatic heterocycles. The first-order chi connectivity index (χ1) is 16.1. The van der Waals surface area contributed by atoms with Crippen LogP contribution in [0.2, 0.25) is 0 Å².